The van der Waals surface area contributed by atoms with Gasteiger partial charge in [0.2, 0.25) is 0 Å². The monoisotopic (exact) mass is 364 g/mol. The Bertz CT molecular complexity index is 480. The third kappa shape index (κ3) is 3.92. The van der Waals surface area contributed by atoms with Crippen molar-refractivity contribution in [1.82, 2.24) is 4.90 Å². The largest absolute Gasteiger partial charge is 0.416 e. The number of benzene rings is 1. The standard InChI is InChI=1S/C15H20BrF3N2/c1-20(2)12-5-7-21(8-6-12)13-4-3-11(10-16)14(9-13)15(17,18)19/h3-4,9,12H,5-8,10H2,1-2H3. The van der Waals surface area contributed by atoms with Gasteiger partial charge in [-0.3, -0.25) is 0 Å². The van der Waals surface area contributed by atoms with E-state index in [0.29, 0.717) is 11.7 Å². The first-order valence-corrected chi connectivity index (χ1v) is 8.12. The molecule has 1 aromatic rings. The average molecular weight is 365 g/mol. The highest BCUT2D eigenvalue weighted by molar-refractivity contribution is 9.08. The van der Waals surface area contributed by atoms with Gasteiger partial charge in [-0.15, -0.1) is 0 Å². The van der Waals surface area contributed by atoms with Crippen LogP contribution in [0, 0.1) is 0 Å². The van der Waals surface area contributed by atoms with Crippen molar-refractivity contribution in [1.29, 1.82) is 0 Å². The van der Waals surface area contributed by atoms with Crippen LogP contribution >= 0.6 is 15.9 Å². The number of piperidine rings is 1. The van der Waals surface area contributed by atoms with Crippen LogP contribution in [-0.4, -0.2) is 38.1 Å². The van der Waals surface area contributed by atoms with Gasteiger partial charge in [-0.05, 0) is 44.6 Å². The van der Waals surface area contributed by atoms with Gasteiger partial charge < -0.3 is 9.80 Å². The van der Waals surface area contributed by atoms with Crippen LogP contribution in [0.2, 0.25) is 0 Å². The lowest BCUT2D eigenvalue weighted by Gasteiger charge is -2.36. The van der Waals surface area contributed by atoms with Gasteiger partial charge >= 0.3 is 6.18 Å². The van der Waals surface area contributed by atoms with Crippen LogP contribution < -0.4 is 4.90 Å². The molecule has 0 aromatic heterocycles. The normalized spacial score (nSPS) is 17.6. The molecule has 21 heavy (non-hydrogen) atoms. The summed E-state index contributed by atoms with van der Waals surface area (Å²) >= 11 is 3.13. The van der Waals surface area contributed by atoms with E-state index in [4.69, 9.17) is 0 Å². The highest BCUT2D eigenvalue weighted by Gasteiger charge is 2.34. The maximum absolute atomic E-state index is 13.1. The molecule has 6 heteroatoms. The van der Waals surface area contributed by atoms with Crippen molar-refractivity contribution in [3.05, 3.63) is 29.3 Å². The quantitative estimate of drug-likeness (QED) is 0.744. The molecule has 0 atom stereocenters. The van der Waals surface area contributed by atoms with Gasteiger partial charge in [-0.2, -0.15) is 13.2 Å². The van der Waals surface area contributed by atoms with Crippen molar-refractivity contribution < 1.29 is 13.2 Å². The Morgan fingerprint density at radius 2 is 1.86 bits per heavy atom. The molecule has 0 N–H and O–H groups in total. The van der Waals surface area contributed by atoms with E-state index >= 15 is 0 Å². The Morgan fingerprint density at radius 1 is 1.24 bits per heavy atom. The summed E-state index contributed by atoms with van der Waals surface area (Å²) in [5.41, 5.74) is 0.422. The van der Waals surface area contributed by atoms with E-state index in [1.54, 1.807) is 12.1 Å². The molecule has 1 aliphatic rings. The Labute approximate surface area is 132 Å². The fourth-order valence-electron chi connectivity index (χ4n) is 2.78. The second-order valence-electron chi connectivity index (χ2n) is 5.65. The van der Waals surface area contributed by atoms with Crippen molar-refractivity contribution in [2.24, 2.45) is 0 Å². The number of anilines is 1. The molecular formula is C15H20BrF3N2. The van der Waals surface area contributed by atoms with E-state index in [1.807, 2.05) is 19.0 Å². The first-order valence-electron chi connectivity index (χ1n) is 7.00. The molecule has 1 aromatic carbocycles. The summed E-state index contributed by atoms with van der Waals surface area (Å²) in [7, 11) is 4.10. The predicted octanol–water partition coefficient (Wildman–Crippen LogP) is 4.13. The summed E-state index contributed by atoms with van der Waals surface area (Å²) in [4.78, 5) is 4.24. The van der Waals surface area contributed by atoms with Crippen molar-refractivity contribution in [3.8, 4) is 0 Å². The molecule has 1 saturated heterocycles. The van der Waals surface area contributed by atoms with E-state index in [1.165, 1.54) is 6.07 Å². The summed E-state index contributed by atoms with van der Waals surface area (Å²) in [6, 6.07) is 5.17. The zero-order valence-corrected chi connectivity index (χ0v) is 13.8. The van der Waals surface area contributed by atoms with Gasteiger partial charge in [-0.25, -0.2) is 0 Å². The van der Waals surface area contributed by atoms with Gasteiger partial charge in [0.25, 0.3) is 0 Å². The first-order chi connectivity index (χ1) is 9.82. The predicted molar refractivity (Wildman–Crippen MR) is 83.0 cm³/mol. The summed E-state index contributed by atoms with van der Waals surface area (Å²) < 4.78 is 39.3. The van der Waals surface area contributed by atoms with E-state index in [2.05, 4.69) is 20.8 Å². The average Bonchev–Trinajstić information content (AvgIpc) is 2.45. The van der Waals surface area contributed by atoms with Crippen molar-refractivity contribution in [2.75, 3.05) is 32.1 Å². The zero-order chi connectivity index (χ0) is 15.6. The number of nitrogens with zero attached hydrogens (tertiary/aromatic N) is 2. The van der Waals surface area contributed by atoms with Crippen LogP contribution in [-0.2, 0) is 11.5 Å². The Hall–Kier alpha value is -0.750. The third-order valence-electron chi connectivity index (χ3n) is 4.10. The molecule has 0 unspecified atom stereocenters. The summed E-state index contributed by atoms with van der Waals surface area (Å²) in [5.74, 6) is 0. The summed E-state index contributed by atoms with van der Waals surface area (Å²) in [6.45, 7) is 1.60. The lowest BCUT2D eigenvalue weighted by molar-refractivity contribution is -0.138. The molecule has 1 heterocycles. The molecule has 2 rings (SSSR count). The minimum absolute atomic E-state index is 0.213. The molecule has 0 radical (unpaired) electrons. The molecular weight excluding hydrogens is 345 g/mol. The Kier molecular flexibility index (Phi) is 5.20. The van der Waals surface area contributed by atoms with Gasteiger partial charge in [0, 0.05) is 30.1 Å². The molecule has 0 bridgehead atoms. The second-order valence-corrected chi connectivity index (χ2v) is 6.22. The summed E-state index contributed by atoms with van der Waals surface area (Å²) in [5, 5.41) is 0.213. The van der Waals surface area contributed by atoms with Gasteiger partial charge in [0.05, 0.1) is 5.56 Å². The molecule has 1 fully saturated rings. The van der Waals surface area contributed by atoms with E-state index in [9.17, 15) is 13.2 Å². The molecule has 0 aliphatic carbocycles. The van der Waals surface area contributed by atoms with Crippen molar-refractivity contribution >= 4 is 21.6 Å². The molecule has 0 amide bonds. The van der Waals surface area contributed by atoms with Crippen LogP contribution in [0.4, 0.5) is 18.9 Å². The van der Waals surface area contributed by atoms with Gasteiger partial charge in [0.15, 0.2) is 0 Å². The van der Waals surface area contributed by atoms with Crippen LogP contribution in [0.3, 0.4) is 0 Å². The van der Waals surface area contributed by atoms with Crippen LogP contribution in [0.1, 0.15) is 24.0 Å². The lowest BCUT2D eigenvalue weighted by Crippen LogP contribution is -2.42. The Balaban J connectivity index is 2.18. The minimum Gasteiger partial charge on any atom is -0.371 e. The van der Waals surface area contributed by atoms with Gasteiger partial charge in [-0.1, -0.05) is 22.0 Å². The number of hydrogen-bond acceptors (Lipinski definition) is 2. The number of alkyl halides is 4. The molecule has 118 valence electrons. The minimum atomic E-state index is -4.30. The Morgan fingerprint density at radius 3 is 2.33 bits per heavy atom. The smallest absolute Gasteiger partial charge is 0.371 e. The fraction of sp³-hybridized carbons (Fsp3) is 0.600. The van der Waals surface area contributed by atoms with Crippen LogP contribution in [0.25, 0.3) is 0 Å². The van der Waals surface area contributed by atoms with E-state index in [0.717, 1.165) is 25.9 Å². The maximum atomic E-state index is 13.1. The van der Waals surface area contributed by atoms with Gasteiger partial charge in [0.1, 0.15) is 0 Å². The number of rotatable bonds is 3. The highest BCUT2D eigenvalue weighted by Crippen LogP contribution is 2.36. The fourth-order valence-corrected chi connectivity index (χ4v) is 3.27. The summed E-state index contributed by atoms with van der Waals surface area (Å²) in [6.07, 6.45) is -2.34. The maximum Gasteiger partial charge on any atom is 0.416 e. The molecule has 0 spiro atoms. The van der Waals surface area contributed by atoms with Crippen LogP contribution in [0.5, 0.6) is 0 Å². The van der Waals surface area contributed by atoms with E-state index in [-0.39, 0.29) is 10.9 Å². The zero-order valence-electron chi connectivity index (χ0n) is 12.3. The van der Waals surface area contributed by atoms with E-state index < -0.39 is 11.7 Å². The first kappa shape index (κ1) is 16.6. The second kappa shape index (κ2) is 6.57. The van der Waals surface area contributed by atoms with Crippen molar-refractivity contribution in [3.63, 3.8) is 0 Å². The molecule has 0 saturated carbocycles. The molecule has 1 aliphatic heterocycles. The SMILES string of the molecule is CN(C)C1CCN(c2ccc(CBr)c(C(F)(F)F)c2)CC1. The topological polar surface area (TPSA) is 6.48 Å². The van der Waals surface area contributed by atoms with Crippen molar-refractivity contribution in [2.45, 2.75) is 30.4 Å². The number of hydrogen-bond donors (Lipinski definition) is 0. The third-order valence-corrected chi connectivity index (χ3v) is 4.71. The molecule has 2 nitrogen and oxygen atoms in total. The highest BCUT2D eigenvalue weighted by atomic mass is 79.9. The van der Waals surface area contributed by atoms with Crippen LogP contribution in [0.15, 0.2) is 18.2 Å². The lowest BCUT2D eigenvalue weighted by atomic mass is 10.0. The number of halogens is 4.